The molecule has 0 N–H and O–H groups in total. The van der Waals surface area contributed by atoms with E-state index in [4.69, 9.17) is 9.47 Å². The summed E-state index contributed by atoms with van der Waals surface area (Å²) in [7, 11) is 0. The SMILES string of the molecule is Cc1cc2c3c(c1)N(c1cc4c(cc1C)C(C)(C)CCC4(C)C)c1cc4c(cc1B3N(c1ccc(C(C)(C)C)cc1-c1ccccc1)c1c-2ccc2sc3ccccc3c12)Oc1ccccc1O4. The van der Waals surface area contributed by atoms with E-state index >= 15 is 0 Å². The Morgan fingerprint density at radius 3 is 1.97 bits per heavy atom. The third kappa shape index (κ3) is 6.05. The Balaban J connectivity index is 1.18. The minimum atomic E-state index is -0.245. The molecule has 4 heterocycles. The molecule has 0 saturated carbocycles. The lowest BCUT2D eigenvalue weighted by Gasteiger charge is -2.48. The summed E-state index contributed by atoms with van der Waals surface area (Å²) in [6.45, 7) is 21.0. The van der Waals surface area contributed by atoms with Crippen LogP contribution in [0.5, 0.6) is 23.0 Å². The fourth-order valence-corrected chi connectivity index (χ4v) is 13.1. The maximum atomic E-state index is 6.89. The van der Waals surface area contributed by atoms with Crippen molar-refractivity contribution in [2.24, 2.45) is 0 Å². The maximum Gasteiger partial charge on any atom is 0.333 e. The van der Waals surface area contributed by atoms with E-state index < -0.39 is 0 Å². The minimum Gasteiger partial charge on any atom is -0.450 e. The number of aryl methyl sites for hydroxylation is 2. The Morgan fingerprint density at radius 1 is 0.559 bits per heavy atom. The third-order valence-electron chi connectivity index (χ3n) is 15.7. The molecule has 4 aliphatic rings. The van der Waals surface area contributed by atoms with Crippen molar-refractivity contribution >= 4 is 77.7 Å². The third-order valence-corrected chi connectivity index (χ3v) is 16.8. The smallest absolute Gasteiger partial charge is 0.333 e. The molecule has 0 atom stereocenters. The van der Waals surface area contributed by atoms with Gasteiger partial charge in [-0.05, 0) is 147 Å². The molecule has 334 valence electrons. The van der Waals surface area contributed by atoms with Gasteiger partial charge in [0.1, 0.15) is 0 Å². The van der Waals surface area contributed by atoms with E-state index in [2.05, 4.69) is 193 Å². The highest BCUT2D eigenvalue weighted by Gasteiger charge is 2.48. The number of thiophene rings is 1. The van der Waals surface area contributed by atoms with Gasteiger partial charge in [-0.1, -0.05) is 133 Å². The predicted octanol–water partition coefficient (Wildman–Crippen LogP) is 16.6. The number of anilines is 5. The van der Waals surface area contributed by atoms with Crippen LogP contribution in [0.1, 0.15) is 89.1 Å². The van der Waals surface area contributed by atoms with E-state index in [1.807, 2.05) is 35.6 Å². The molecule has 0 fully saturated rings. The maximum absolute atomic E-state index is 6.89. The molecule has 9 aromatic rings. The van der Waals surface area contributed by atoms with Crippen LogP contribution < -0.4 is 30.1 Å². The van der Waals surface area contributed by atoms with Crippen LogP contribution in [0, 0.1) is 13.8 Å². The van der Waals surface area contributed by atoms with Crippen molar-refractivity contribution in [1.82, 2.24) is 0 Å². The van der Waals surface area contributed by atoms with Crippen LogP contribution in [0.15, 0.2) is 146 Å². The quantitative estimate of drug-likeness (QED) is 0.165. The number of ether oxygens (including phenoxy) is 2. The highest BCUT2D eigenvalue weighted by Crippen LogP contribution is 2.57. The van der Waals surface area contributed by atoms with Crippen molar-refractivity contribution in [3.05, 3.63) is 173 Å². The van der Waals surface area contributed by atoms with Gasteiger partial charge in [0, 0.05) is 65.8 Å². The molecule has 1 aliphatic carbocycles. The number of para-hydroxylation sites is 2. The summed E-state index contributed by atoms with van der Waals surface area (Å²) in [6, 6.07) is 54.6. The molecule has 0 unspecified atom stereocenters. The first-order valence-corrected chi connectivity index (χ1v) is 25.1. The Morgan fingerprint density at radius 2 is 1.24 bits per heavy atom. The molecule has 3 aliphatic heterocycles. The largest absolute Gasteiger partial charge is 0.450 e. The van der Waals surface area contributed by atoms with Crippen LogP contribution in [-0.4, -0.2) is 6.85 Å². The van der Waals surface area contributed by atoms with Crippen molar-refractivity contribution in [2.75, 3.05) is 9.71 Å². The van der Waals surface area contributed by atoms with Gasteiger partial charge in [0.25, 0.3) is 0 Å². The van der Waals surface area contributed by atoms with Gasteiger partial charge in [0.15, 0.2) is 23.0 Å². The van der Waals surface area contributed by atoms with Gasteiger partial charge in [-0.25, -0.2) is 0 Å². The first kappa shape index (κ1) is 41.4. The van der Waals surface area contributed by atoms with Crippen molar-refractivity contribution < 1.29 is 9.47 Å². The highest BCUT2D eigenvalue weighted by atomic mass is 32.1. The van der Waals surface area contributed by atoms with E-state index in [9.17, 15) is 0 Å². The van der Waals surface area contributed by atoms with Gasteiger partial charge in [0.05, 0.1) is 0 Å². The summed E-state index contributed by atoms with van der Waals surface area (Å²) in [4.78, 5) is 5.30. The number of hydrogen-bond acceptors (Lipinski definition) is 5. The zero-order chi connectivity index (χ0) is 46.6. The second-order valence-corrected chi connectivity index (χ2v) is 23.2. The predicted molar refractivity (Wildman–Crippen MR) is 289 cm³/mol. The topological polar surface area (TPSA) is 24.9 Å². The summed E-state index contributed by atoms with van der Waals surface area (Å²) >= 11 is 1.88. The summed E-state index contributed by atoms with van der Waals surface area (Å²) in [5.41, 5.74) is 20.0. The lowest BCUT2D eigenvalue weighted by atomic mass is 9.43. The monoisotopic (exact) mass is 902 g/mol. The molecule has 0 spiro atoms. The van der Waals surface area contributed by atoms with Crippen molar-refractivity contribution in [1.29, 1.82) is 0 Å². The van der Waals surface area contributed by atoms with Crippen LogP contribution in [-0.2, 0) is 16.2 Å². The average Bonchev–Trinajstić information content (AvgIpc) is 3.71. The first-order valence-electron chi connectivity index (χ1n) is 24.3. The average molecular weight is 903 g/mol. The second-order valence-electron chi connectivity index (χ2n) is 22.1. The summed E-state index contributed by atoms with van der Waals surface area (Å²) in [5.74, 6) is 2.89. The number of nitrogens with zero attached hydrogens (tertiary/aromatic N) is 2. The van der Waals surface area contributed by atoms with Gasteiger partial charge in [-0.2, -0.15) is 0 Å². The van der Waals surface area contributed by atoms with Crippen LogP contribution in [0.25, 0.3) is 42.4 Å². The van der Waals surface area contributed by atoms with E-state index in [1.54, 1.807) is 0 Å². The molecule has 8 aromatic carbocycles. The fraction of sp³-hybridized carbons (Fsp3) is 0.226. The van der Waals surface area contributed by atoms with E-state index in [0.29, 0.717) is 5.75 Å². The normalized spacial score (nSPS) is 16.0. The van der Waals surface area contributed by atoms with Crippen LogP contribution >= 0.6 is 11.3 Å². The molecule has 1 aromatic heterocycles. The Hall–Kier alpha value is -6.76. The Bertz CT molecular complexity index is 3620. The van der Waals surface area contributed by atoms with Gasteiger partial charge in [-0.15, -0.1) is 11.3 Å². The molecule has 0 radical (unpaired) electrons. The Kier molecular flexibility index (Phi) is 8.76. The molecule has 4 nitrogen and oxygen atoms in total. The molecule has 0 bridgehead atoms. The molecule has 68 heavy (non-hydrogen) atoms. The number of benzene rings is 8. The molecule has 6 heteroatoms. The fourth-order valence-electron chi connectivity index (χ4n) is 11.9. The molecule has 13 rings (SSSR count). The van der Waals surface area contributed by atoms with Crippen molar-refractivity contribution in [3.8, 4) is 45.3 Å². The van der Waals surface area contributed by atoms with Gasteiger partial charge >= 0.3 is 6.85 Å². The van der Waals surface area contributed by atoms with Crippen LogP contribution in [0.3, 0.4) is 0 Å². The lowest BCUT2D eigenvalue weighted by molar-refractivity contribution is 0.332. The zero-order valence-corrected chi connectivity index (χ0v) is 41.3. The zero-order valence-electron chi connectivity index (χ0n) is 40.5. The molecular formula is C62H55BN2O2S. The van der Waals surface area contributed by atoms with Gasteiger partial charge < -0.3 is 19.2 Å². The van der Waals surface area contributed by atoms with E-state index in [-0.39, 0.29) is 23.1 Å². The van der Waals surface area contributed by atoms with Crippen LogP contribution in [0.4, 0.5) is 28.4 Å². The minimum absolute atomic E-state index is 0.0223. The van der Waals surface area contributed by atoms with Crippen molar-refractivity contribution in [3.63, 3.8) is 0 Å². The molecule has 0 amide bonds. The van der Waals surface area contributed by atoms with Crippen LogP contribution in [0.2, 0.25) is 0 Å². The number of rotatable bonds is 3. The van der Waals surface area contributed by atoms with Gasteiger partial charge in [0.2, 0.25) is 0 Å². The summed E-state index contributed by atoms with van der Waals surface area (Å²) in [5, 5.41) is 2.58. The number of fused-ring (bicyclic) bond motifs is 11. The first-order chi connectivity index (χ1) is 32.6. The molecule has 0 saturated heterocycles. The summed E-state index contributed by atoms with van der Waals surface area (Å²) in [6.07, 6.45) is 2.31. The van der Waals surface area contributed by atoms with Gasteiger partial charge in [-0.3, -0.25) is 0 Å². The van der Waals surface area contributed by atoms with E-state index in [0.717, 1.165) is 29.4 Å². The lowest BCUT2D eigenvalue weighted by Crippen LogP contribution is -2.61. The standard InChI is InChI=1S/C62H55BN2O2S/c1-36-29-43-40-24-26-56-57(41-19-13-16-22-55(41)68-56)59(40)65(47-25-23-39(60(3,4)5)32-42(47)38-17-11-10-12-18-38)63-46-34-53-54(67-52-21-15-14-20-51(52)66-53)35-49(46)64(50(30-36)58(43)63)48-33-45-44(31-37(48)2)61(6,7)27-28-62(45,8)9/h10-26,29-35H,27-28H2,1-9H3. The van der Waals surface area contributed by atoms with Crippen molar-refractivity contribution in [2.45, 2.75) is 91.4 Å². The summed E-state index contributed by atoms with van der Waals surface area (Å²) < 4.78 is 16.3. The second kappa shape index (κ2) is 14.4. The molecular weight excluding hydrogens is 848 g/mol. The highest BCUT2D eigenvalue weighted by molar-refractivity contribution is 7.26. The number of hydrogen-bond donors (Lipinski definition) is 0. The Labute approximate surface area is 404 Å². The van der Waals surface area contributed by atoms with E-state index in [1.165, 1.54) is 110 Å².